The zero-order chi connectivity index (χ0) is 21.1. The lowest BCUT2D eigenvalue weighted by atomic mass is 10.3. The lowest BCUT2D eigenvalue weighted by molar-refractivity contribution is -0.384. The third kappa shape index (κ3) is 4.06. The number of non-ortho nitro benzene ring substituents is 1. The van der Waals surface area contributed by atoms with Crippen LogP contribution in [0.3, 0.4) is 0 Å². The summed E-state index contributed by atoms with van der Waals surface area (Å²) >= 11 is 1.27. The van der Waals surface area contributed by atoms with E-state index in [0.717, 1.165) is 23.9 Å². The summed E-state index contributed by atoms with van der Waals surface area (Å²) in [6, 6.07) is 13.5. The third-order valence-electron chi connectivity index (χ3n) is 4.54. The zero-order valence-electron chi connectivity index (χ0n) is 16.0. The van der Waals surface area contributed by atoms with Crippen molar-refractivity contribution in [3.8, 4) is 5.75 Å². The van der Waals surface area contributed by atoms with E-state index in [9.17, 15) is 14.9 Å². The first-order valence-electron chi connectivity index (χ1n) is 9.07. The van der Waals surface area contributed by atoms with E-state index in [2.05, 4.69) is 20.4 Å². The first kappa shape index (κ1) is 19.7. The van der Waals surface area contributed by atoms with Gasteiger partial charge in [0.2, 0.25) is 11.9 Å². The minimum absolute atomic E-state index is 0.0747. The largest absolute Gasteiger partial charge is 0.497 e. The van der Waals surface area contributed by atoms with Gasteiger partial charge in [0, 0.05) is 36.6 Å². The number of rotatable bonds is 7. The maximum absolute atomic E-state index is 12.3. The van der Waals surface area contributed by atoms with Gasteiger partial charge in [-0.25, -0.2) is 0 Å². The molecule has 0 aliphatic carbocycles. The third-order valence-corrected chi connectivity index (χ3v) is 5.51. The van der Waals surface area contributed by atoms with Gasteiger partial charge < -0.3 is 15.0 Å². The summed E-state index contributed by atoms with van der Waals surface area (Å²) in [5.41, 5.74) is 1.29. The Labute approximate surface area is 176 Å². The number of amides is 1. The molecule has 0 unspecified atom stereocenters. The summed E-state index contributed by atoms with van der Waals surface area (Å²) in [7, 11) is 1.63. The second-order valence-electron chi connectivity index (χ2n) is 6.43. The fraction of sp³-hybridized carbons (Fsp3) is 0.211. The summed E-state index contributed by atoms with van der Waals surface area (Å²) in [5, 5.41) is 22.6. The van der Waals surface area contributed by atoms with Gasteiger partial charge in [0.05, 0.1) is 17.8 Å². The molecule has 10 nitrogen and oxygen atoms in total. The monoisotopic (exact) mass is 426 g/mol. The summed E-state index contributed by atoms with van der Waals surface area (Å²) in [5.74, 6) is 1.35. The molecule has 0 atom stereocenters. The number of ether oxygens (including phenoxy) is 1. The molecule has 0 saturated heterocycles. The van der Waals surface area contributed by atoms with Crippen LogP contribution >= 0.6 is 11.8 Å². The molecule has 0 saturated carbocycles. The fourth-order valence-electron chi connectivity index (χ4n) is 3.11. The highest BCUT2D eigenvalue weighted by Crippen LogP contribution is 2.32. The highest BCUT2D eigenvalue weighted by atomic mass is 32.2. The van der Waals surface area contributed by atoms with Crippen molar-refractivity contribution >= 4 is 40.7 Å². The van der Waals surface area contributed by atoms with Gasteiger partial charge in [-0.05, 0) is 30.3 Å². The Hall–Kier alpha value is -3.60. The molecule has 30 heavy (non-hydrogen) atoms. The number of methoxy groups -OCH3 is 1. The van der Waals surface area contributed by atoms with E-state index in [4.69, 9.17) is 4.74 Å². The summed E-state index contributed by atoms with van der Waals surface area (Å²) in [6.45, 7) is 1.47. The molecular formula is C19H18N6O4S. The Morgan fingerprint density at radius 1 is 1.23 bits per heavy atom. The number of carbonyl (C=O) groups excluding carboxylic acids is 1. The second-order valence-corrected chi connectivity index (χ2v) is 7.37. The van der Waals surface area contributed by atoms with Crippen molar-refractivity contribution in [3.63, 3.8) is 0 Å². The van der Waals surface area contributed by atoms with E-state index in [1.165, 1.54) is 30.0 Å². The van der Waals surface area contributed by atoms with Crippen LogP contribution in [0, 0.1) is 10.1 Å². The van der Waals surface area contributed by atoms with Gasteiger partial charge in [0.15, 0.2) is 5.16 Å². The molecule has 3 aromatic rings. The van der Waals surface area contributed by atoms with Crippen LogP contribution in [0.4, 0.5) is 23.0 Å². The molecule has 0 spiro atoms. The lowest BCUT2D eigenvalue weighted by Crippen LogP contribution is -2.15. The Balaban J connectivity index is 1.39. The molecule has 1 N–H and O–H groups in total. The molecule has 1 amide bonds. The summed E-state index contributed by atoms with van der Waals surface area (Å²) in [4.78, 5) is 24.7. The summed E-state index contributed by atoms with van der Waals surface area (Å²) < 4.78 is 7.16. The van der Waals surface area contributed by atoms with Crippen molar-refractivity contribution in [2.24, 2.45) is 0 Å². The number of carbonyl (C=O) groups is 1. The fourth-order valence-corrected chi connectivity index (χ4v) is 3.87. The molecule has 4 rings (SSSR count). The number of hydrogen-bond acceptors (Lipinski definition) is 8. The number of nitro benzene ring substituents is 1. The van der Waals surface area contributed by atoms with E-state index in [1.54, 1.807) is 13.2 Å². The molecule has 0 fully saturated rings. The van der Waals surface area contributed by atoms with Crippen molar-refractivity contribution in [3.05, 3.63) is 58.6 Å². The summed E-state index contributed by atoms with van der Waals surface area (Å²) in [6.07, 6.45) is 0. The Morgan fingerprint density at radius 2 is 2.03 bits per heavy atom. The van der Waals surface area contributed by atoms with Crippen molar-refractivity contribution in [2.45, 2.75) is 11.7 Å². The van der Waals surface area contributed by atoms with E-state index >= 15 is 0 Å². The van der Waals surface area contributed by atoms with Crippen molar-refractivity contribution in [1.29, 1.82) is 0 Å². The van der Waals surface area contributed by atoms with Crippen LogP contribution in [0.25, 0.3) is 0 Å². The number of thioether (sulfide) groups is 1. The van der Waals surface area contributed by atoms with Crippen LogP contribution in [0.2, 0.25) is 0 Å². The van der Waals surface area contributed by atoms with Crippen molar-refractivity contribution < 1.29 is 14.5 Å². The van der Waals surface area contributed by atoms with Gasteiger partial charge in [-0.15, -0.1) is 10.2 Å². The molecule has 0 bridgehead atoms. The van der Waals surface area contributed by atoms with Gasteiger partial charge in [0.1, 0.15) is 5.75 Å². The number of nitro groups is 1. The predicted octanol–water partition coefficient (Wildman–Crippen LogP) is 3.08. The van der Waals surface area contributed by atoms with Crippen LogP contribution in [-0.4, -0.2) is 45.0 Å². The average molecular weight is 426 g/mol. The highest BCUT2D eigenvalue weighted by Gasteiger charge is 2.26. The van der Waals surface area contributed by atoms with Gasteiger partial charge in [0.25, 0.3) is 5.69 Å². The van der Waals surface area contributed by atoms with E-state index < -0.39 is 4.92 Å². The van der Waals surface area contributed by atoms with Crippen LogP contribution in [0.15, 0.2) is 53.7 Å². The molecule has 1 aliphatic rings. The zero-order valence-corrected chi connectivity index (χ0v) is 16.8. The molecule has 2 aromatic carbocycles. The predicted molar refractivity (Wildman–Crippen MR) is 112 cm³/mol. The standard InChI is InChI=1S/C19H18N6O4S/c1-29-16-7-5-14(6-8-16)23-9-10-24-18(23)21-22-19(24)30-12-17(26)20-13-3-2-4-15(11-13)25(27)28/h2-8,11H,9-10,12H2,1H3,(H,20,26). The number of benzene rings is 2. The minimum Gasteiger partial charge on any atom is -0.497 e. The molecule has 1 aliphatic heterocycles. The van der Waals surface area contributed by atoms with Gasteiger partial charge >= 0.3 is 0 Å². The molecule has 0 radical (unpaired) electrons. The maximum Gasteiger partial charge on any atom is 0.271 e. The highest BCUT2D eigenvalue weighted by molar-refractivity contribution is 7.99. The molecule has 2 heterocycles. The van der Waals surface area contributed by atoms with Crippen LogP contribution < -0.4 is 15.0 Å². The topological polar surface area (TPSA) is 115 Å². The number of nitrogens with one attached hydrogen (secondary N) is 1. The average Bonchev–Trinajstić information content (AvgIpc) is 3.35. The Bertz CT molecular complexity index is 1080. The van der Waals surface area contributed by atoms with Gasteiger partial charge in [-0.3, -0.25) is 19.5 Å². The first-order valence-corrected chi connectivity index (χ1v) is 10.1. The Kier molecular flexibility index (Phi) is 5.53. The number of hydrogen-bond donors (Lipinski definition) is 1. The number of nitrogens with zero attached hydrogens (tertiary/aromatic N) is 5. The normalized spacial score (nSPS) is 12.5. The number of fused-ring (bicyclic) bond motifs is 1. The van der Waals surface area contributed by atoms with Crippen LogP contribution in [0.1, 0.15) is 0 Å². The maximum atomic E-state index is 12.3. The molecule has 1 aromatic heterocycles. The van der Waals surface area contributed by atoms with Crippen LogP contribution in [0.5, 0.6) is 5.75 Å². The van der Waals surface area contributed by atoms with Crippen molar-refractivity contribution in [1.82, 2.24) is 14.8 Å². The van der Waals surface area contributed by atoms with E-state index in [1.807, 2.05) is 28.8 Å². The van der Waals surface area contributed by atoms with E-state index in [-0.39, 0.29) is 17.3 Å². The van der Waals surface area contributed by atoms with Gasteiger partial charge in [-0.1, -0.05) is 17.8 Å². The SMILES string of the molecule is COc1ccc(N2CCn3c(SCC(=O)Nc4cccc([N+](=O)[O-])c4)nnc32)cc1. The quantitative estimate of drug-likeness (QED) is 0.348. The number of aromatic nitrogens is 3. The van der Waals surface area contributed by atoms with Crippen molar-refractivity contribution in [2.75, 3.05) is 29.6 Å². The molecule has 154 valence electrons. The Morgan fingerprint density at radius 3 is 2.77 bits per heavy atom. The second kappa shape index (κ2) is 8.41. The smallest absolute Gasteiger partial charge is 0.271 e. The first-order chi connectivity index (χ1) is 14.5. The van der Waals surface area contributed by atoms with Gasteiger partial charge in [-0.2, -0.15) is 0 Å². The van der Waals surface area contributed by atoms with Crippen LogP contribution in [-0.2, 0) is 11.3 Å². The molecule has 11 heteroatoms. The van der Waals surface area contributed by atoms with E-state index in [0.29, 0.717) is 17.4 Å². The minimum atomic E-state index is -0.502. The lowest BCUT2D eigenvalue weighted by Gasteiger charge is -2.15. The number of anilines is 3. The molecular weight excluding hydrogens is 408 g/mol.